The van der Waals surface area contributed by atoms with Crippen molar-refractivity contribution in [3.8, 4) is 5.75 Å². The van der Waals surface area contributed by atoms with Crippen LogP contribution in [0.2, 0.25) is 0 Å². The molecule has 0 aliphatic heterocycles. The Hall–Kier alpha value is -2.10. The average Bonchev–Trinajstić information content (AvgIpc) is 2.90. The molecule has 0 N–H and O–H groups in total. The second kappa shape index (κ2) is 6.26. The average molecular weight is 354 g/mol. The molecule has 0 aromatic heterocycles. The molecular formula is C22H26O4. The predicted molar refractivity (Wildman–Crippen MR) is 97.6 cm³/mol. The van der Waals surface area contributed by atoms with Crippen LogP contribution in [0.25, 0.3) is 0 Å². The molecule has 138 valence electrons. The minimum Gasteiger partial charge on any atom is -0.431 e. The lowest BCUT2D eigenvalue weighted by atomic mass is 9.55. The summed E-state index contributed by atoms with van der Waals surface area (Å²) in [4.78, 5) is 22.7. The van der Waals surface area contributed by atoms with E-state index in [1.54, 1.807) is 0 Å². The number of carbonyl (C=O) groups is 2. The van der Waals surface area contributed by atoms with Gasteiger partial charge in [-0.2, -0.15) is 0 Å². The van der Waals surface area contributed by atoms with E-state index in [4.69, 9.17) is 9.47 Å². The van der Waals surface area contributed by atoms with E-state index in [0.29, 0.717) is 23.5 Å². The van der Waals surface area contributed by atoms with Crippen LogP contribution in [0.3, 0.4) is 0 Å². The third-order valence-electron chi connectivity index (χ3n) is 6.72. The number of benzene rings is 1. The molecule has 4 heteroatoms. The van der Waals surface area contributed by atoms with Crippen molar-refractivity contribution in [1.29, 1.82) is 0 Å². The first-order valence-electron chi connectivity index (χ1n) is 9.59. The van der Waals surface area contributed by atoms with Crippen molar-refractivity contribution in [2.75, 3.05) is 0 Å². The van der Waals surface area contributed by atoms with Gasteiger partial charge in [0.15, 0.2) is 0 Å². The second-order valence-electron chi connectivity index (χ2n) is 8.22. The molecule has 4 nitrogen and oxygen atoms in total. The van der Waals surface area contributed by atoms with Crippen LogP contribution in [-0.4, -0.2) is 11.9 Å². The van der Waals surface area contributed by atoms with Crippen LogP contribution in [0.4, 0.5) is 0 Å². The maximum Gasteiger partial charge on any atom is 0.308 e. The number of hydrogen-bond donors (Lipinski definition) is 0. The summed E-state index contributed by atoms with van der Waals surface area (Å²) >= 11 is 0. The maximum absolute atomic E-state index is 11.5. The van der Waals surface area contributed by atoms with E-state index >= 15 is 0 Å². The van der Waals surface area contributed by atoms with Gasteiger partial charge in [0.05, 0.1) is 0 Å². The fourth-order valence-corrected chi connectivity index (χ4v) is 5.63. The minimum atomic E-state index is -0.276. The monoisotopic (exact) mass is 354 g/mol. The zero-order valence-electron chi connectivity index (χ0n) is 15.7. The first-order valence-corrected chi connectivity index (χ1v) is 9.59. The molecule has 0 heterocycles. The van der Waals surface area contributed by atoms with Gasteiger partial charge in [0.1, 0.15) is 11.5 Å². The Morgan fingerprint density at radius 1 is 1.12 bits per heavy atom. The third-order valence-corrected chi connectivity index (χ3v) is 6.72. The Kier molecular flexibility index (Phi) is 4.17. The van der Waals surface area contributed by atoms with E-state index in [-0.39, 0.29) is 17.4 Å². The number of hydrogen-bond acceptors (Lipinski definition) is 4. The van der Waals surface area contributed by atoms with Crippen LogP contribution in [0.5, 0.6) is 5.75 Å². The number of esters is 2. The molecule has 1 aromatic carbocycles. The molecule has 0 amide bonds. The standard InChI is InChI=1S/C22H26O4/c1-13(23)25-16-5-7-17-15(12-16)4-6-19-18(17)10-11-22(3)20(19)8-9-21(22)26-14(2)24/h5,7,9,12,18-20H,4,6,8,10-11H2,1-3H3/t18-,19+,20+,22-/m0/s1. The van der Waals surface area contributed by atoms with Crippen molar-refractivity contribution in [2.24, 2.45) is 17.3 Å². The molecule has 4 atom stereocenters. The van der Waals surface area contributed by atoms with E-state index in [1.807, 2.05) is 12.1 Å². The van der Waals surface area contributed by atoms with Crippen molar-refractivity contribution in [1.82, 2.24) is 0 Å². The van der Waals surface area contributed by atoms with Gasteiger partial charge in [0.25, 0.3) is 0 Å². The number of aryl methyl sites for hydroxylation is 1. The zero-order chi connectivity index (χ0) is 18.5. The quantitative estimate of drug-likeness (QED) is 0.578. The smallest absolute Gasteiger partial charge is 0.308 e. The summed E-state index contributed by atoms with van der Waals surface area (Å²) in [6.45, 7) is 5.20. The lowest BCUT2D eigenvalue weighted by Gasteiger charge is -2.49. The SMILES string of the molecule is CC(=O)OC1=CC[C@@H]2[C@@H]3CCc4cc(OC(C)=O)ccc4[C@@H]3CC[C@]12C. The number of ether oxygens (including phenoxy) is 2. The Morgan fingerprint density at radius 3 is 2.62 bits per heavy atom. The molecule has 0 radical (unpaired) electrons. The van der Waals surface area contributed by atoms with Gasteiger partial charge in [0, 0.05) is 19.3 Å². The van der Waals surface area contributed by atoms with Crippen LogP contribution in [0.15, 0.2) is 30.0 Å². The second-order valence-corrected chi connectivity index (χ2v) is 8.22. The Bertz CT molecular complexity index is 793. The fraction of sp³-hybridized carbons (Fsp3) is 0.545. The van der Waals surface area contributed by atoms with Gasteiger partial charge < -0.3 is 9.47 Å². The Balaban J connectivity index is 1.59. The van der Waals surface area contributed by atoms with Gasteiger partial charge in [-0.05, 0) is 79.2 Å². The summed E-state index contributed by atoms with van der Waals surface area (Å²) < 4.78 is 10.8. The first kappa shape index (κ1) is 17.3. The van der Waals surface area contributed by atoms with E-state index in [1.165, 1.54) is 25.0 Å². The van der Waals surface area contributed by atoms with E-state index in [9.17, 15) is 9.59 Å². The number of fused-ring (bicyclic) bond motifs is 5. The van der Waals surface area contributed by atoms with Crippen molar-refractivity contribution >= 4 is 11.9 Å². The Labute approximate surface area is 154 Å². The molecular weight excluding hydrogens is 328 g/mol. The number of allylic oxidation sites excluding steroid dienone is 2. The lowest BCUT2D eigenvalue weighted by Crippen LogP contribution is -2.41. The van der Waals surface area contributed by atoms with Crippen LogP contribution in [0, 0.1) is 17.3 Å². The van der Waals surface area contributed by atoms with Crippen molar-refractivity contribution in [2.45, 2.75) is 58.8 Å². The summed E-state index contributed by atoms with van der Waals surface area (Å²) in [5, 5.41) is 0. The largest absolute Gasteiger partial charge is 0.431 e. The van der Waals surface area contributed by atoms with Gasteiger partial charge in [-0.3, -0.25) is 9.59 Å². The highest BCUT2D eigenvalue weighted by Gasteiger charge is 2.53. The molecule has 3 aliphatic carbocycles. The summed E-state index contributed by atoms with van der Waals surface area (Å²) in [7, 11) is 0. The topological polar surface area (TPSA) is 52.6 Å². The molecule has 1 fully saturated rings. The molecule has 3 aliphatic rings. The molecule has 0 unspecified atom stereocenters. The van der Waals surface area contributed by atoms with Crippen LogP contribution in [-0.2, 0) is 20.7 Å². The zero-order valence-corrected chi connectivity index (χ0v) is 15.7. The molecule has 26 heavy (non-hydrogen) atoms. The maximum atomic E-state index is 11.5. The Morgan fingerprint density at radius 2 is 1.88 bits per heavy atom. The molecule has 0 bridgehead atoms. The van der Waals surface area contributed by atoms with Crippen LogP contribution < -0.4 is 4.74 Å². The third kappa shape index (κ3) is 2.76. The molecule has 1 saturated carbocycles. The van der Waals surface area contributed by atoms with Gasteiger partial charge in [-0.25, -0.2) is 0 Å². The molecule has 0 spiro atoms. The fourth-order valence-electron chi connectivity index (χ4n) is 5.63. The summed E-state index contributed by atoms with van der Waals surface area (Å²) in [6.07, 6.45) is 7.46. The van der Waals surface area contributed by atoms with Crippen molar-refractivity contribution in [3.63, 3.8) is 0 Å². The normalized spacial score (nSPS) is 32.0. The minimum absolute atomic E-state index is 0.0119. The lowest BCUT2D eigenvalue weighted by molar-refractivity contribution is -0.139. The highest BCUT2D eigenvalue weighted by molar-refractivity contribution is 5.69. The highest BCUT2D eigenvalue weighted by atomic mass is 16.5. The highest BCUT2D eigenvalue weighted by Crippen LogP contribution is 2.61. The first-order chi connectivity index (χ1) is 12.4. The predicted octanol–water partition coefficient (Wildman–Crippen LogP) is 4.52. The van der Waals surface area contributed by atoms with Gasteiger partial charge >= 0.3 is 11.9 Å². The number of carbonyl (C=O) groups excluding carboxylic acids is 2. The molecule has 4 rings (SSSR count). The van der Waals surface area contributed by atoms with E-state index in [2.05, 4.69) is 19.1 Å². The molecule has 1 aromatic rings. The van der Waals surface area contributed by atoms with Gasteiger partial charge in [-0.15, -0.1) is 0 Å². The summed E-state index contributed by atoms with van der Waals surface area (Å²) in [5.74, 6) is 2.75. The van der Waals surface area contributed by atoms with Gasteiger partial charge in [-0.1, -0.05) is 13.0 Å². The summed E-state index contributed by atoms with van der Waals surface area (Å²) in [6, 6.07) is 6.12. The summed E-state index contributed by atoms with van der Waals surface area (Å²) in [5.41, 5.74) is 2.72. The van der Waals surface area contributed by atoms with Crippen LogP contribution >= 0.6 is 0 Å². The van der Waals surface area contributed by atoms with E-state index < -0.39 is 0 Å². The van der Waals surface area contributed by atoms with E-state index in [0.717, 1.165) is 37.9 Å². The number of rotatable bonds is 2. The van der Waals surface area contributed by atoms with Crippen LogP contribution in [0.1, 0.15) is 63.5 Å². The van der Waals surface area contributed by atoms with Gasteiger partial charge in [0.2, 0.25) is 0 Å². The molecule has 0 saturated heterocycles. The van der Waals surface area contributed by atoms with Crippen molar-refractivity contribution in [3.05, 3.63) is 41.2 Å². The van der Waals surface area contributed by atoms with Crippen molar-refractivity contribution < 1.29 is 19.1 Å².